The molecule has 0 saturated heterocycles. The molecule has 0 bridgehead atoms. The largest absolute Gasteiger partial charge is 0.207 e. The molecule has 3 aliphatic carbocycles. The quantitative estimate of drug-likeness (QED) is 0.129. The van der Waals surface area contributed by atoms with Gasteiger partial charge in [0.2, 0.25) is 0 Å². The zero-order valence-corrected chi connectivity index (χ0v) is 26.5. The van der Waals surface area contributed by atoms with E-state index in [4.69, 9.17) is 0 Å². The van der Waals surface area contributed by atoms with Crippen LogP contribution in [0, 0.1) is 41.0 Å². The Morgan fingerprint density at radius 2 is 1.00 bits per heavy atom. The Hall–Kier alpha value is -1.84. The van der Waals surface area contributed by atoms with Crippen LogP contribution in [-0.2, 0) is 0 Å². The minimum atomic E-state index is -1.38. The van der Waals surface area contributed by atoms with E-state index in [1.807, 2.05) is 6.07 Å². The SMILES string of the molecule is CCCCCCCCCC1CCC(c2ccc(C3CCC(C4CCC(c5cc(F)c(F)c(F)c5)CC4)CC3)c(F)c2)CC1. The number of unbranched alkanes of at least 4 members (excludes halogenated alkanes) is 6. The van der Waals surface area contributed by atoms with Gasteiger partial charge in [-0.1, -0.05) is 70.4 Å². The van der Waals surface area contributed by atoms with E-state index in [9.17, 15) is 13.2 Å². The van der Waals surface area contributed by atoms with Crippen molar-refractivity contribution in [2.75, 3.05) is 0 Å². The van der Waals surface area contributed by atoms with Gasteiger partial charge in [-0.2, -0.15) is 0 Å². The topological polar surface area (TPSA) is 0 Å². The summed E-state index contributed by atoms with van der Waals surface area (Å²) >= 11 is 0. The predicted molar refractivity (Wildman–Crippen MR) is 169 cm³/mol. The summed E-state index contributed by atoms with van der Waals surface area (Å²) in [6.07, 6.45) is 24.3. The van der Waals surface area contributed by atoms with Gasteiger partial charge in [0.05, 0.1) is 0 Å². The molecule has 0 amide bonds. The first-order chi connectivity index (χ1) is 20.9. The summed E-state index contributed by atoms with van der Waals surface area (Å²) in [5.41, 5.74) is 2.72. The van der Waals surface area contributed by atoms with Crippen molar-refractivity contribution in [3.8, 4) is 0 Å². The second kappa shape index (κ2) is 15.9. The van der Waals surface area contributed by atoms with Gasteiger partial charge in [0, 0.05) is 0 Å². The number of hydrogen-bond donors (Lipinski definition) is 0. The van der Waals surface area contributed by atoms with Crippen LogP contribution in [0.25, 0.3) is 0 Å². The molecule has 3 saturated carbocycles. The highest BCUT2D eigenvalue weighted by atomic mass is 19.2. The monoisotopic (exact) mass is 598 g/mol. The maximum Gasteiger partial charge on any atom is 0.194 e. The van der Waals surface area contributed by atoms with Crippen LogP contribution in [0.4, 0.5) is 17.6 Å². The maximum absolute atomic E-state index is 15.4. The van der Waals surface area contributed by atoms with E-state index in [-0.39, 0.29) is 11.7 Å². The summed E-state index contributed by atoms with van der Waals surface area (Å²) in [5, 5.41) is 0. The Morgan fingerprint density at radius 1 is 0.512 bits per heavy atom. The van der Waals surface area contributed by atoms with Crippen LogP contribution in [0.2, 0.25) is 0 Å². The van der Waals surface area contributed by atoms with E-state index >= 15 is 4.39 Å². The van der Waals surface area contributed by atoms with E-state index in [0.717, 1.165) is 62.8 Å². The van der Waals surface area contributed by atoms with E-state index in [1.165, 1.54) is 94.7 Å². The van der Waals surface area contributed by atoms with Crippen LogP contribution >= 0.6 is 0 Å². The van der Waals surface area contributed by atoms with E-state index in [1.54, 1.807) is 0 Å². The molecule has 0 aromatic heterocycles. The number of benzene rings is 2. The molecule has 0 N–H and O–H groups in total. The zero-order chi connectivity index (χ0) is 30.2. The van der Waals surface area contributed by atoms with Gasteiger partial charge < -0.3 is 0 Å². The Kier molecular flexibility index (Phi) is 12.1. The lowest BCUT2D eigenvalue weighted by molar-refractivity contribution is 0.176. The van der Waals surface area contributed by atoms with Gasteiger partial charge in [0.25, 0.3) is 0 Å². The van der Waals surface area contributed by atoms with Gasteiger partial charge in [-0.05, 0) is 147 Å². The highest BCUT2D eigenvalue weighted by Gasteiger charge is 2.33. The molecule has 0 heterocycles. The molecule has 2 aromatic carbocycles. The molecule has 2 aromatic rings. The normalized spacial score (nSPS) is 28.2. The van der Waals surface area contributed by atoms with Gasteiger partial charge in [-0.25, -0.2) is 17.6 Å². The van der Waals surface area contributed by atoms with Gasteiger partial charge in [0.15, 0.2) is 17.5 Å². The molecule has 0 radical (unpaired) electrons. The average Bonchev–Trinajstić information content (AvgIpc) is 3.03. The highest BCUT2D eigenvalue weighted by molar-refractivity contribution is 5.30. The molecular weight excluding hydrogens is 544 g/mol. The number of rotatable bonds is 12. The first kappa shape index (κ1) is 32.6. The third kappa shape index (κ3) is 8.66. The fourth-order valence-corrected chi connectivity index (χ4v) is 8.94. The summed E-state index contributed by atoms with van der Waals surface area (Å²) < 4.78 is 56.3. The van der Waals surface area contributed by atoms with Crippen LogP contribution in [0.3, 0.4) is 0 Å². The lowest BCUT2D eigenvalue weighted by Crippen LogP contribution is -2.25. The summed E-state index contributed by atoms with van der Waals surface area (Å²) in [4.78, 5) is 0. The summed E-state index contributed by atoms with van der Waals surface area (Å²) in [6, 6.07) is 8.56. The fraction of sp³-hybridized carbons (Fsp3) is 0.692. The van der Waals surface area contributed by atoms with E-state index in [0.29, 0.717) is 29.2 Å². The summed E-state index contributed by atoms with van der Waals surface area (Å²) in [7, 11) is 0. The van der Waals surface area contributed by atoms with Crippen molar-refractivity contribution in [2.45, 2.75) is 153 Å². The summed E-state index contributed by atoms with van der Waals surface area (Å²) in [6.45, 7) is 2.27. The second-order valence-electron chi connectivity index (χ2n) is 14.4. The van der Waals surface area contributed by atoms with Gasteiger partial charge >= 0.3 is 0 Å². The lowest BCUT2D eigenvalue weighted by atomic mass is 9.67. The molecule has 0 aliphatic heterocycles. The van der Waals surface area contributed by atoms with Crippen molar-refractivity contribution in [1.82, 2.24) is 0 Å². The minimum absolute atomic E-state index is 0.00502. The lowest BCUT2D eigenvalue weighted by Gasteiger charge is -2.38. The maximum atomic E-state index is 15.4. The van der Waals surface area contributed by atoms with Crippen LogP contribution < -0.4 is 0 Å². The van der Waals surface area contributed by atoms with Crippen molar-refractivity contribution in [1.29, 1.82) is 0 Å². The van der Waals surface area contributed by atoms with Crippen molar-refractivity contribution < 1.29 is 17.6 Å². The molecule has 3 aliphatic rings. The first-order valence-corrected chi connectivity index (χ1v) is 17.9. The molecule has 4 heteroatoms. The molecule has 238 valence electrons. The molecule has 0 unspecified atom stereocenters. The van der Waals surface area contributed by atoms with E-state index < -0.39 is 17.5 Å². The Bertz CT molecular complexity index is 1110. The van der Waals surface area contributed by atoms with Crippen LogP contribution in [-0.4, -0.2) is 0 Å². The molecule has 0 atom stereocenters. The first-order valence-electron chi connectivity index (χ1n) is 17.9. The minimum Gasteiger partial charge on any atom is -0.207 e. The average molecular weight is 599 g/mol. The van der Waals surface area contributed by atoms with Crippen LogP contribution in [0.5, 0.6) is 0 Å². The number of halogens is 4. The van der Waals surface area contributed by atoms with Crippen molar-refractivity contribution >= 4 is 0 Å². The van der Waals surface area contributed by atoms with Gasteiger partial charge in [-0.3, -0.25) is 0 Å². The molecule has 43 heavy (non-hydrogen) atoms. The third-order valence-electron chi connectivity index (χ3n) is 11.7. The van der Waals surface area contributed by atoms with Crippen LogP contribution in [0.15, 0.2) is 30.3 Å². The van der Waals surface area contributed by atoms with Crippen LogP contribution in [0.1, 0.15) is 170 Å². The Balaban J connectivity index is 1.03. The van der Waals surface area contributed by atoms with E-state index in [2.05, 4.69) is 19.1 Å². The Labute approximate surface area is 258 Å². The standard InChI is InChI=1S/C39H54F4/c1-2-3-4-5-6-7-8-9-27-10-12-30(13-11-27)33-22-23-35(36(40)24-33)32-20-18-29(19-21-32)28-14-16-31(17-15-28)34-25-37(41)39(43)38(42)26-34/h22-32H,2-21H2,1H3. The van der Waals surface area contributed by atoms with Crippen molar-refractivity contribution in [3.63, 3.8) is 0 Å². The van der Waals surface area contributed by atoms with Crippen molar-refractivity contribution in [2.24, 2.45) is 17.8 Å². The molecule has 0 nitrogen and oxygen atoms in total. The predicted octanol–water partition coefficient (Wildman–Crippen LogP) is 12.9. The van der Waals surface area contributed by atoms with Gasteiger partial charge in [-0.15, -0.1) is 0 Å². The Morgan fingerprint density at radius 3 is 1.58 bits per heavy atom. The third-order valence-corrected chi connectivity index (χ3v) is 11.7. The van der Waals surface area contributed by atoms with Crippen molar-refractivity contribution in [3.05, 3.63) is 70.3 Å². The molecular formula is C39H54F4. The smallest absolute Gasteiger partial charge is 0.194 e. The molecule has 5 rings (SSSR count). The van der Waals surface area contributed by atoms with Gasteiger partial charge in [0.1, 0.15) is 5.82 Å². The molecule has 3 fully saturated rings. The second-order valence-corrected chi connectivity index (χ2v) is 14.4. The number of hydrogen-bond acceptors (Lipinski definition) is 0. The molecule has 0 spiro atoms. The summed E-state index contributed by atoms with van der Waals surface area (Å²) in [5.74, 6) is -0.471. The highest BCUT2D eigenvalue weighted by Crippen LogP contribution is 2.47. The fourth-order valence-electron chi connectivity index (χ4n) is 8.94. The zero-order valence-electron chi connectivity index (χ0n) is 26.5.